The van der Waals surface area contributed by atoms with Gasteiger partial charge in [-0.05, 0) is 0 Å². The maximum absolute atomic E-state index is 12.9. The number of hydrogen-bond donors (Lipinski definition) is 4. The quantitative estimate of drug-likeness (QED) is 0.110. The Bertz CT molecular complexity index is 1640. The van der Waals surface area contributed by atoms with Gasteiger partial charge in [0.2, 0.25) is 0 Å². The first-order chi connectivity index (χ1) is 20.8. The highest BCUT2D eigenvalue weighted by atomic mass is 31.1. The molecule has 43 heavy (non-hydrogen) atoms. The van der Waals surface area contributed by atoms with E-state index < -0.39 is 63.9 Å². The number of carbonyl (C=O) groups is 1. The Morgan fingerprint density at radius 3 is 2.09 bits per heavy atom. The van der Waals surface area contributed by atoms with Crippen LogP contribution in [0.15, 0.2) is 25.3 Å². The third kappa shape index (κ3) is 5.37. The van der Waals surface area contributed by atoms with Crippen LogP contribution in [0, 0.1) is 0 Å². The zero-order chi connectivity index (χ0) is 30.2. The van der Waals surface area contributed by atoms with Gasteiger partial charge in [-0.3, -0.25) is 13.9 Å². The molecule has 6 heterocycles. The highest BCUT2D eigenvalue weighted by Gasteiger charge is 2.52. The van der Waals surface area contributed by atoms with Crippen molar-refractivity contribution in [3.05, 3.63) is 25.3 Å². The lowest BCUT2D eigenvalue weighted by atomic mass is 10.1. The van der Waals surface area contributed by atoms with Crippen molar-refractivity contribution in [2.24, 2.45) is 0 Å². The van der Waals surface area contributed by atoms with Crippen molar-refractivity contribution >= 4 is 58.2 Å². The molecule has 228 valence electrons. The van der Waals surface area contributed by atoms with Crippen molar-refractivity contribution in [3.8, 4) is 0 Å². The minimum absolute atomic E-state index is 0.0560. The molecule has 0 aromatic carbocycles. The largest absolute Gasteiger partial charge is 0.697 e. The van der Waals surface area contributed by atoms with Crippen LogP contribution in [0.1, 0.15) is 12.5 Å². The summed E-state index contributed by atoms with van der Waals surface area (Å²) in [6.07, 6.45) is -4.11. The van der Waals surface area contributed by atoms with E-state index in [-0.39, 0.29) is 35.9 Å². The van der Waals surface area contributed by atoms with E-state index in [9.17, 15) is 19.6 Å². The smallest absolute Gasteiger partial charge is 0.457 e. The fourth-order valence-electron chi connectivity index (χ4n) is 4.98. The predicted molar refractivity (Wildman–Crippen MR) is 144 cm³/mol. The van der Waals surface area contributed by atoms with Gasteiger partial charge in [0.05, 0.1) is 19.3 Å². The first kappa shape index (κ1) is 29.5. The van der Waals surface area contributed by atoms with Gasteiger partial charge in [0.1, 0.15) is 54.7 Å². The molecule has 22 heteroatoms. The molecule has 0 bridgehead atoms. The van der Waals surface area contributed by atoms with Gasteiger partial charge in [0.25, 0.3) is 6.47 Å². The lowest BCUT2D eigenvalue weighted by Crippen LogP contribution is -2.36. The molecule has 3 unspecified atom stereocenters. The number of ether oxygens (including phenoxy) is 3. The second-order valence-electron chi connectivity index (χ2n) is 9.40. The Morgan fingerprint density at radius 1 is 0.884 bits per heavy atom. The van der Waals surface area contributed by atoms with Gasteiger partial charge >= 0.3 is 8.25 Å². The van der Waals surface area contributed by atoms with Gasteiger partial charge in [-0.1, -0.05) is 0 Å². The van der Waals surface area contributed by atoms with Crippen LogP contribution in [-0.2, 0) is 37.1 Å². The minimum Gasteiger partial charge on any atom is -0.457 e. The molecule has 2 aliphatic rings. The molecule has 0 amide bonds. The number of anilines is 2. The number of carbonyl (C=O) groups excluding carboxylic acids is 1. The van der Waals surface area contributed by atoms with Gasteiger partial charge in [-0.15, -0.1) is 9.05 Å². The first-order valence-electron chi connectivity index (χ1n) is 12.5. The molecule has 10 atom stereocenters. The van der Waals surface area contributed by atoms with E-state index in [0.717, 1.165) is 0 Å². The molecule has 0 radical (unpaired) electrons. The SMILES string of the molecule is Nc1ncnc2c1ncn2C1O[C@H](COP)[C@@H](O[P+](=O)OC[C@H]2O[C@@H](n3cnc4c(N)ncnc43)[C@H](OC=O)[C@@H]2O)[C@H]1O. The lowest BCUT2D eigenvalue weighted by molar-refractivity contribution is -0.142. The van der Waals surface area contributed by atoms with Crippen molar-refractivity contribution in [1.29, 1.82) is 0 Å². The third-order valence-electron chi connectivity index (χ3n) is 6.97. The van der Waals surface area contributed by atoms with E-state index >= 15 is 0 Å². The number of nitrogens with two attached hydrogens (primary N) is 2. The Hall–Kier alpha value is -3.58. The zero-order valence-corrected chi connectivity index (χ0v) is 23.9. The summed E-state index contributed by atoms with van der Waals surface area (Å²) in [5, 5.41) is 21.9. The zero-order valence-electron chi connectivity index (χ0n) is 21.8. The number of fused-ring (bicyclic) bond motifs is 2. The standard InChI is InChI=1S/C21H25N10O10P2/c22-16-10-18(26-3-24-16)30(5-28-10)20-13(34)14(9(40-20)1-37-42)41-43(35)38-2-8-12(33)15(36-7-32)21(39-8)31-6-29-11-17(23)25-4-27-19(11)31/h3-9,12-15,20-21,33-34H,1-2,42H2,(H2,22,24,26)(H2,23,25,27)/q+1/t8-,9-,12-,13-,14-,15-,20?,21-/m1/s1. The van der Waals surface area contributed by atoms with Crippen molar-refractivity contribution < 1.29 is 47.4 Å². The van der Waals surface area contributed by atoms with Crippen LogP contribution < -0.4 is 11.5 Å². The van der Waals surface area contributed by atoms with Gasteiger partial charge in [0.15, 0.2) is 47.6 Å². The summed E-state index contributed by atoms with van der Waals surface area (Å²) >= 11 is 0. The van der Waals surface area contributed by atoms with Crippen LogP contribution in [0.2, 0.25) is 0 Å². The van der Waals surface area contributed by atoms with Crippen LogP contribution in [0.5, 0.6) is 0 Å². The van der Waals surface area contributed by atoms with E-state index in [4.69, 9.17) is 39.2 Å². The Morgan fingerprint density at radius 2 is 1.49 bits per heavy atom. The highest BCUT2D eigenvalue weighted by Crippen LogP contribution is 2.40. The fraction of sp³-hybridized carbons (Fsp3) is 0.476. The number of nitrogen functional groups attached to an aromatic ring is 2. The van der Waals surface area contributed by atoms with Crippen LogP contribution in [0.3, 0.4) is 0 Å². The minimum atomic E-state index is -2.90. The number of aliphatic hydroxyl groups is 2. The molecule has 6 rings (SSSR count). The average molecular weight is 639 g/mol. The Labute approximate surface area is 243 Å². The number of hydrogen-bond acceptors (Lipinski definition) is 18. The highest BCUT2D eigenvalue weighted by molar-refractivity contribution is 7.33. The second-order valence-corrected chi connectivity index (χ2v) is 10.6. The van der Waals surface area contributed by atoms with Crippen LogP contribution >= 0.6 is 17.7 Å². The number of imidazole rings is 2. The normalized spacial score (nSPS) is 29.4. The topological polar surface area (TPSA) is 269 Å². The molecular formula is C21H25N10O10P2+. The summed E-state index contributed by atoms with van der Waals surface area (Å²) in [4.78, 5) is 35.6. The molecule has 2 saturated heterocycles. The molecule has 0 aliphatic carbocycles. The van der Waals surface area contributed by atoms with E-state index in [1.165, 1.54) is 34.4 Å². The first-order valence-corrected chi connectivity index (χ1v) is 14.1. The number of rotatable bonds is 11. The molecule has 20 nitrogen and oxygen atoms in total. The molecule has 2 fully saturated rings. The van der Waals surface area contributed by atoms with Crippen LogP contribution in [0.4, 0.5) is 11.6 Å². The third-order valence-corrected chi connectivity index (χ3v) is 7.94. The summed E-state index contributed by atoms with van der Waals surface area (Å²) in [6, 6.07) is 0. The average Bonchev–Trinajstić information content (AvgIpc) is 3.75. The second kappa shape index (κ2) is 12.2. The van der Waals surface area contributed by atoms with Gasteiger partial charge in [0, 0.05) is 14.0 Å². The summed E-state index contributed by atoms with van der Waals surface area (Å²) in [7, 11) is -0.842. The van der Waals surface area contributed by atoms with E-state index in [2.05, 4.69) is 39.4 Å². The number of aromatic nitrogens is 8. The lowest BCUT2D eigenvalue weighted by Gasteiger charge is -2.19. The summed E-state index contributed by atoms with van der Waals surface area (Å²) < 4.78 is 48.7. The maximum Gasteiger partial charge on any atom is 0.697 e. The maximum atomic E-state index is 12.9. The fourth-order valence-corrected chi connectivity index (χ4v) is 5.95. The monoisotopic (exact) mass is 639 g/mol. The van der Waals surface area contributed by atoms with Crippen molar-refractivity contribution in [2.75, 3.05) is 24.7 Å². The van der Waals surface area contributed by atoms with Crippen LogP contribution in [-0.4, -0.2) is 106 Å². The number of nitrogens with zero attached hydrogens (tertiary/aromatic N) is 8. The summed E-state index contributed by atoms with van der Waals surface area (Å²) in [5.74, 6) is 0.261. The Kier molecular flexibility index (Phi) is 8.36. The van der Waals surface area contributed by atoms with Crippen molar-refractivity contribution in [2.45, 2.75) is 49.1 Å². The van der Waals surface area contributed by atoms with E-state index in [0.29, 0.717) is 11.2 Å². The molecular weight excluding hydrogens is 614 g/mol. The van der Waals surface area contributed by atoms with Crippen molar-refractivity contribution in [3.63, 3.8) is 0 Å². The van der Waals surface area contributed by atoms with Crippen molar-refractivity contribution in [1.82, 2.24) is 39.0 Å². The summed E-state index contributed by atoms with van der Waals surface area (Å²) in [6.45, 7) is -0.343. The molecule has 4 aromatic heterocycles. The molecule has 0 spiro atoms. The summed E-state index contributed by atoms with van der Waals surface area (Å²) in [5.41, 5.74) is 12.9. The van der Waals surface area contributed by atoms with Crippen LogP contribution in [0.25, 0.3) is 22.3 Å². The molecule has 4 aromatic rings. The van der Waals surface area contributed by atoms with E-state index in [1.807, 2.05) is 0 Å². The van der Waals surface area contributed by atoms with Gasteiger partial charge in [-0.2, -0.15) is 0 Å². The molecule has 0 saturated carbocycles. The number of aliphatic hydroxyl groups excluding tert-OH is 2. The predicted octanol–water partition coefficient (Wildman–Crippen LogP) is -1.25. The Balaban J connectivity index is 1.14. The molecule has 2 aliphatic heterocycles. The van der Waals surface area contributed by atoms with Gasteiger partial charge in [-0.25, -0.2) is 29.9 Å². The van der Waals surface area contributed by atoms with Gasteiger partial charge < -0.3 is 40.4 Å². The molecule has 6 N–H and O–H groups in total. The van der Waals surface area contributed by atoms with E-state index in [1.54, 1.807) is 0 Å².